The highest BCUT2D eigenvalue weighted by atomic mass is 16.3. The highest BCUT2D eigenvalue weighted by molar-refractivity contribution is 5.40. The van der Waals surface area contributed by atoms with Crippen LogP contribution in [0.2, 0.25) is 0 Å². The van der Waals surface area contributed by atoms with Crippen LogP contribution in [0.15, 0.2) is 29.8 Å². The maximum Gasteiger partial charge on any atom is 0.115 e. The molecular weight excluding hydrogens is 272 g/mol. The van der Waals surface area contributed by atoms with Crippen molar-refractivity contribution in [1.82, 2.24) is 0 Å². The number of allylic oxidation sites excluding steroid dienone is 1. The Labute approximate surface area is 132 Å². The number of aliphatic hydroxyl groups excluding tert-OH is 1. The largest absolute Gasteiger partial charge is 0.508 e. The Bertz CT molecular complexity index is 618. The van der Waals surface area contributed by atoms with Gasteiger partial charge in [-0.05, 0) is 85.0 Å². The summed E-state index contributed by atoms with van der Waals surface area (Å²) in [5, 5.41) is 19.1. The van der Waals surface area contributed by atoms with E-state index >= 15 is 0 Å². The Balaban J connectivity index is 1.69. The van der Waals surface area contributed by atoms with Gasteiger partial charge in [-0.15, -0.1) is 0 Å². The molecule has 4 rings (SSSR count). The van der Waals surface area contributed by atoms with Crippen LogP contribution in [0.4, 0.5) is 0 Å². The molecule has 1 aromatic carbocycles. The molecule has 4 atom stereocenters. The molecule has 2 heteroatoms. The van der Waals surface area contributed by atoms with Crippen LogP contribution in [-0.2, 0) is 6.42 Å². The third-order valence-electron chi connectivity index (χ3n) is 6.90. The average molecular weight is 298 g/mol. The minimum Gasteiger partial charge on any atom is -0.508 e. The smallest absolute Gasteiger partial charge is 0.115 e. The first-order valence-electron chi connectivity index (χ1n) is 8.75. The summed E-state index contributed by atoms with van der Waals surface area (Å²) in [7, 11) is 0. The zero-order valence-electron chi connectivity index (χ0n) is 13.4. The number of aryl methyl sites for hydroxylation is 1. The lowest BCUT2D eigenvalue weighted by molar-refractivity contribution is 0.0809. The van der Waals surface area contributed by atoms with Crippen molar-refractivity contribution >= 4 is 0 Å². The number of aromatic hydroxyl groups is 1. The van der Waals surface area contributed by atoms with Gasteiger partial charge in [0.2, 0.25) is 0 Å². The lowest BCUT2D eigenvalue weighted by atomic mass is 9.55. The molecule has 0 radical (unpaired) electrons. The third kappa shape index (κ3) is 1.96. The van der Waals surface area contributed by atoms with Gasteiger partial charge in [0.25, 0.3) is 0 Å². The Kier molecular flexibility index (Phi) is 3.34. The van der Waals surface area contributed by atoms with Crippen molar-refractivity contribution in [2.75, 3.05) is 6.61 Å². The second kappa shape index (κ2) is 5.13. The van der Waals surface area contributed by atoms with E-state index < -0.39 is 0 Å². The summed E-state index contributed by atoms with van der Waals surface area (Å²) >= 11 is 0. The van der Waals surface area contributed by atoms with Gasteiger partial charge in [0.15, 0.2) is 0 Å². The number of hydrogen-bond donors (Lipinski definition) is 2. The molecule has 0 saturated heterocycles. The second-order valence-electron chi connectivity index (χ2n) is 7.71. The molecule has 118 valence electrons. The zero-order chi connectivity index (χ0) is 15.3. The van der Waals surface area contributed by atoms with E-state index in [0.29, 0.717) is 17.1 Å². The van der Waals surface area contributed by atoms with E-state index in [1.54, 1.807) is 0 Å². The summed E-state index contributed by atoms with van der Waals surface area (Å²) < 4.78 is 0. The number of benzene rings is 1. The summed E-state index contributed by atoms with van der Waals surface area (Å²) in [6, 6.07) is 6.01. The van der Waals surface area contributed by atoms with E-state index in [2.05, 4.69) is 19.1 Å². The van der Waals surface area contributed by atoms with E-state index in [1.807, 2.05) is 12.1 Å². The van der Waals surface area contributed by atoms with Crippen molar-refractivity contribution in [3.8, 4) is 5.75 Å². The van der Waals surface area contributed by atoms with Crippen molar-refractivity contribution in [2.24, 2.45) is 17.3 Å². The molecule has 0 spiro atoms. The number of hydrogen-bond acceptors (Lipinski definition) is 2. The molecule has 0 aromatic heterocycles. The van der Waals surface area contributed by atoms with Crippen LogP contribution in [0, 0.1) is 17.3 Å². The Hall–Kier alpha value is -1.28. The van der Waals surface area contributed by atoms with Gasteiger partial charge in [0.05, 0.1) is 6.61 Å². The minimum absolute atomic E-state index is 0.188. The van der Waals surface area contributed by atoms with Gasteiger partial charge in [-0.25, -0.2) is 0 Å². The fourth-order valence-electron chi connectivity index (χ4n) is 5.86. The molecule has 2 saturated carbocycles. The quantitative estimate of drug-likeness (QED) is 0.764. The Morgan fingerprint density at radius 2 is 2.09 bits per heavy atom. The van der Waals surface area contributed by atoms with Crippen molar-refractivity contribution in [2.45, 2.75) is 51.4 Å². The molecule has 3 unspecified atom stereocenters. The normalized spacial score (nSPS) is 38.5. The summed E-state index contributed by atoms with van der Waals surface area (Å²) in [6.07, 6.45) is 9.40. The first-order valence-corrected chi connectivity index (χ1v) is 8.75. The van der Waals surface area contributed by atoms with Crippen LogP contribution >= 0.6 is 0 Å². The summed E-state index contributed by atoms with van der Waals surface area (Å²) in [6.45, 7) is 2.63. The van der Waals surface area contributed by atoms with Crippen LogP contribution < -0.4 is 0 Å². The number of fused-ring (bicyclic) bond motifs is 5. The molecule has 0 bridgehead atoms. The maximum absolute atomic E-state index is 9.74. The van der Waals surface area contributed by atoms with E-state index in [-0.39, 0.29) is 6.61 Å². The van der Waals surface area contributed by atoms with E-state index in [1.165, 1.54) is 48.8 Å². The van der Waals surface area contributed by atoms with Gasteiger partial charge in [-0.3, -0.25) is 0 Å². The number of aliphatic hydroxyl groups is 1. The second-order valence-corrected chi connectivity index (χ2v) is 7.71. The van der Waals surface area contributed by atoms with Crippen LogP contribution in [0.3, 0.4) is 0 Å². The van der Waals surface area contributed by atoms with Crippen molar-refractivity contribution in [1.29, 1.82) is 0 Å². The highest BCUT2D eigenvalue weighted by Gasteiger charge is 2.52. The lowest BCUT2D eigenvalue weighted by Gasteiger charge is -2.49. The lowest BCUT2D eigenvalue weighted by Crippen LogP contribution is -2.40. The first kappa shape index (κ1) is 14.3. The van der Waals surface area contributed by atoms with Crippen LogP contribution in [0.1, 0.15) is 56.1 Å². The van der Waals surface area contributed by atoms with Crippen molar-refractivity contribution < 1.29 is 10.2 Å². The summed E-state index contributed by atoms with van der Waals surface area (Å²) in [5.41, 5.74) is 4.69. The Morgan fingerprint density at radius 1 is 1.23 bits per heavy atom. The third-order valence-corrected chi connectivity index (χ3v) is 6.90. The maximum atomic E-state index is 9.74. The fourth-order valence-corrected chi connectivity index (χ4v) is 5.86. The topological polar surface area (TPSA) is 40.5 Å². The summed E-state index contributed by atoms with van der Waals surface area (Å²) in [5.74, 6) is 2.63. The van der Waals surface area contributed by atoms with E-state index in [9.17, 15) is 10.2 Å². The van der Waals surface area contributed by atoms with Crippen molar-refractivity contribution in [3.63, 3.8) is 0 Å². The average Bonchev–Trinajstić information content (AvgIpc) is 2.84. The molecule has 0 heterocycles. The van der Waals surface area contributed by atoms with Crippen LogP contribution in [0.25, 0.3) is 0 Å². The molecular formula is C20H26O2. The zero-order valence-corrected chi connectivity index (χ0v) is 13.4. The molecule has 3 aliphatic rings. The van der Waals surface area contributed by atoms with Gasteiger partial charge >= 0.3 is 0 Å². The monoisotopic (exact) mass is 298 g/mol. The molecule has 22 heavy (non-hydrogen) atoms. The van der Waals surface area contributed by atoms with E-state index in [4.69, 9.17) is 0 Å². The standard InChI is InChI=1S/C20H26O2/c1-20-10-8-17-16-6-4-15(22)12-13(16)2-5-18(17)19(20)7-3-14(20)9-11-21/h4,6,9,12,17-19,21-22H,2-3,5,7-8,10-11H2,1H3/t17?,18?,19?,20-/m1/s1. The van der Waals surface area contributed by atoms with Crippen LogP contribution in [-0.4, -0.2) is 16.8 Å². The van der Waals surface area contributed by atoms with Crippen LogP contribution in [0.5, 0.6) is 5.75 Å². The SMILES string of the molecule is C[C@]12CCC3c4ccc(O)cc4CCC3C1CCC2=CCO. The first-order chi connectivity index (χ1) is 10.6. The van der Waals surface area contributed by atoms with Crippen molar-refractivity contribution in [3.05, 3.63) is 41.0 Å². The van der Waals surface area contributed by atoms with Gasteiger partial charge in [0.1, 0.15) is 5.75 Å². The van der Waals surface area contributed by atoms with E-state index in [0.717, 1.165) is 18.3 Å². The predicted molar refractivity (Wildman–Crippen MR) is 87.9 cm³/mol. The fraction of sp³-hybridized carbons (Fsp3) is 0.600. The highest BCUT2D eigenvalue weighted by Crippen LogP contribution is 2.62. The molecule has 1 aromatic rings. The molecule has 0 aliphatic heterocycles. The molecule has 2 fully saturated rings. The van der Waals surface area contributed by atoms with Gasteiger partial charge in [0, 0.05) is 0 Å². The molecule has 2 N–H and O–H groups in total. The van der Waals surface area contributed by atoms with Gasteiger partial charge < -0.3 is 10.2 Å². The number of phenolic OH excluding ortho intramolecular Hbond substituents is 1. The minimum atomic E-state index is 0.188. The molecule has 3 aliphatic carbocycles. The van der Waals surface area contributed by atoms with Gasteiger partial charge in [-0.1, -0.05) is 24.6 Å². The predicted octanol–water partition coefficient (Wildman–Crippen LogP) is 4.17. The number of phenols is 1. The Morgan fingerprint density at radius 3 is 2.91 bits per heavy atom. The molecule has 2 nitrogen and oxygen atoms in total. The molecule has 0 amide bonds. The van der Waals surface area contributed by atoms with Gasteiger partial charge in [-0.2, -0.15) is 0 Å². The summed E-state index contributed by atoms with van der Waals surface area (Å²) in [4.78, 5) is 0. The number of rotatable bonds is 1.